The summed E-state index contributed by atoms with van der Waals surface area (Å²) < 4.78 is 31.6. The van der Waals surface area contributed by atoms with Gasteiger partial charge in [-0.05, 0) is 12.2 Å². The minimum atomic E-state index is -4.72. The molecule has 1 rings (SSSR count). The van der Waals surface area contributed by atoms with Crippen LogP contribution in [0, 0.1) is 0 Å². The first-order valence-corrected chi connectivity index (χ1v) is 8.79. The molecule has 0 saturated heterocycles. The van der Waals surface area contributed by atoms with E-state index in [4.69, 9.17) is 4.55 Å². The second-order valence-electron chi connectivity index (χ2n) is 5.47. The van der Waals surface area contributed by atoms with Crippen LogP contribution >= 0.6 is 11.8 Å². The monoisotopic (exact) mass is 351 g/mol. The van der Waals surface area contributed by atoms with Gasteiger partial charge in [0.25, 0.3) is 21.9 Å². The van der Waals surface area contributed by atoms with Gasteiger partial charge in [-0.1, -0.05) is 25.8 Å². The molecule has 1 unspecified atom stereocenters. The van der Waals surface area contributed by atoms with Gasteiger partial charge in [0, 0.05) is 16.9 Å². The van der Waals surface area contributed by atoms with Gasteiger partial charge < -0.3 is 4.84 Å². The van der Waals surface area contributed by atoms with E-state index >= 15 is 0 Å². The Hall–Kier alpha value is -1.39. The summed E-state index contributed by atoms with van der Waals surface area (Å²) in [4.78, 5) is 38.9. The molecule has 2 amide bonds. The molecule has 0 saturated carbocycles. The van der Waals surface area contributed by atoms with E-state index in [0.29, 0.717) is 0 Å². The first kappa shape index (κ1) is 18.7. The molecule has 0 aromatic heterocycles. The molecule has 1 N–H and O–H groups in total. The van der Waals surface area contributed by atoms with Gasteiger partial charge in [0.1, 0.15) is 0 Å². The number of nitrogens with zero attached hydrogens (tertiary/aromatic N) is 1. The Bertz CT molecular complexity index is 585. The Balaban J connectivity index is 2.74. The molecule has 0 aliphatic carbocycles. The van der Waals surface area contributed by atoms with Crippen molar-refractivity contribution < 1.29 is 32.2 Å². The predicted octanol–water partition coefficient (Wildman–Crippen LogP) is 0.548. The molecule has 1 aliphatic heterocycles. The Morgan fingerprint density at radius 3 is 2.23 bits per heavy atom. The van der Waals surface area contributed by atoms with Gasteiger partial charge in [-0.3, -0.25) is 14.1 Å². The number of imide groups is 1. The Kier molecular flexibility index (Phi) is 5.76. The lowest BCUT2D eigenvalue weighted by Crippen LogP contribution is -2.40. The second-order valence-corrected chi connectivity index (χ2v) is 8.99. The van der Waals surface area contributed by atoms with Crippen LogP contribution in [0.5, 0.6) is 0 Å². The molecule has 1 atom stereocenters. The first-order valence-electron chi connectivity index (χ1n) is 6.30. The summed E-state index contributed by atoms with van der Waals surface area (Å²) in [5, 5.41) is -1.71. The number of amides is 2. The number of hydroxylamine groups is 2. The highest BCUT2D eigenvalue weighted by atomic mass is 32.2. The van der Waals surface area contributed by atoms with E-state index in [9.17, 15) is 22.8 Å². The first-order chi connectivity index (χ1) is 9.92. The predicted molar refractivity (Wildman–Crippen MR) is 79.2 cm³/mol. The molecule has 0 radical (unpaired) electrons. The van der Waals surface area contributed by atoms with Crippen molar-refractivity contribution in [1.82, 2.24) is 5.06 Å². The third-order valence-electron chi connectivity index (χ3n) is 2.49. The molecule has 0 bridgehead atoms. The number of thioether (sulfide) groups is 1. The van der Waals surface area contributed by atoms with Crippen molar-refractivity contribution in [3.8, 4) is 0 Å². The van der Waals surface area contributed by atoms with E-state index in [1.165, 1.54) is 11.8 Å². The summed E-state index contributed by atoms with van der Waals surface area (Å²) in [5.74, 6) is -2.89. The largest absolute Gasteiger partial charge is 0.353 e. The average Bonchev–Trinajstić information content (AvgIpc) is 2.63. The lowest BCUT2D eigenvalue weighted by Gasteiger charge is -2.20. The van der Waals surface area contributed by atoms with E-state index in [-0.39, 0.29) is 22.0 Å². The molecular formula is C12H17NO7S2. The molecule has 22 heavy (non-hydrogen) atoms. The normalized spacial score (nSPS) is 17.0. The molecule has 0 spiro atoms. The third kappa shape index (κ3) is 5.43. The summed E-state index contributed by atoms with van der Waals surface area (Å²) in [6, 6.07) is 0. The zero-order valence-electron chi connectivity index (χ0n) is 12.3. The molecule has 0 fully saturated rings. The van der Waals surface area contributed by atoms with Crippen molar-refractivity contribution in [3.05, 3.63) is 12.2 Å². The van der Waals surface area contributed by atoms with Gasteiger partial charge in [0.05, 0.1) is 0 Å². The number of carbonyl (C=O) groups is 3. The van der Waals surface area contributed by atoms with E-state index < -0.39 is 33.2 Å². The quantitative estimate of drug-likeness (QED) is 0.544. The molecule has 10 heteroatoms. The molecule has 1 heterocycles. The maximum atomic E-state index is 11.8. The highest BCUT2D eigenvalue weighted by molar-refractivity contribution is 8.00. The molecule has 8 nitrogen and oxygen atoms in total. The minimum absolute atomic E-state index is 0.150. The van der Waals surface area contributed by atoms with Gasteiger partial charge in [-0.15, -0.1) is 0 Å². The van der Waals surface area contributed by atoms with Gasteiger partial charge in [-0.25, -0.2) is 4.79 Å². The molecule has 0 aromatic rings. The van der Waals surface area contributed by atoms with Crippen LogP contribution < -0.4 is 0 Å². The fourth-order valence-electron chi connectivity index (χ4n) is 1.49. The minimum Gasteiger partial charge on any atom is -0.328 e. The summed E-state index contributed by atoms with van der Waals surface area (Å²) >= 11 is 1.40. The number of hydrogen-bond donors (Lipinski definition) is 1. The maximum Gasteiger partial charge on any atom is 0.353 e. The standard InChI is InChI=1S/C12H17NO7S2/c1-12(2,3)21-7-6-8(22(17,18)19)11(16)20-13-9(14)4-5-10(13)15/h4-5,8H,6-7H2,1-3H3,(H,17,18,19). The van der Waals surface area contributed by atoms with Gasteiger partial charge in [0.15, 0.2) is 5.25 Å². The van der Waals surface area contributed by atoms with E-state index in [1.54, 1.807) is 0 Å². The van der Waals surface area contributed by atoms with Crippen LogP contribution in [0.25, 0.3) is 0 Å². The van der Waals surface area contributed by atoms with Crippen molar-refractivity contribution in [3.63, 3.8) is 0 Å². The van der Waals surface area contributed by atoms with E-state index in [1.807, 2.05) is 20.8 Å². The maximum absolute atomic E-state index is 11.8. The zero-order chi connectivity index (χ0) is 17.1. The highest BCUT2D eigenvalue weighted by Gasteiger charge is 2.37. The van der Waals surface area contributed by atoms with Gasteiger partial charge >= 0.3 is 5.97 Å². The van der Waals surface area contributed by atoms with Crippen LogP contribution in [0.3, 0.4) is 0 Å². The van der Waals surface area contributed by atoms with Crippen LogP contribution in [0.4, 0.5) is 0 Å². The number of carbonyl (C=O) groups excluding carboxylic acids is 3. The zero-order valence-corrected chi connectivity index (χ0v) is 13.9. The smallest absolute Gasteiger partial charge is 0.328 e. The average molecular weight is 351 g/mol. The lowest BCUT2D eigenvalue weighted by atomic mass is 10.3. The SMILES string of the molecule is CC(C)(C)SCCC(C(=O)ON1C(=O)C=CC1=O)S(=O)(=O)O. The Morgan fingerprint density at radius 2 is 1.82 bits per heavy atom. The molecular weight excluding hydrogens is 334 g/mol. The summed E-state index contributed by atoms with van der Waals surface area (Å²) in [7, 11) is -4.72. The number of hydrogen-bond acceptors (Lipinski definition) is 7. The fourth-order valence-corrected chi connectivity index (χ4v) is 3.30. The van der Waals surface area contributed by atoms with Gasteiger partial charge in [-0.2, -0.15) is 20.2 Å². The second kappa shape index (κ2) is 6.80. The van der Waals surface area contributed by atoms with Crippen molar-refractivity contribution >= 4 is 39.7 Å². The Labute approximate surface area is 132 Å². The van der Waals surface area contributed by atoms with Crippen LogP contribution in [0.2, 0.25) is 0 Å². The van der Waals surface area contributed by atoms with Crippen LogP contribution in [-0.2, 0) is 29.3 Å². The topological polar surface area (TPSA) is 118 Å². The van der Waals surface area contributed by atoms with E-state index in [0.717, 1.165) is 12.2 Å². The Morgan fingerprint density at radius 1 is 1.32 bits per heavy atom. The van der Waals surface area contributed by atoms with Crippen molar-refractivity contribution in [1.29, 1.82) is 0 Å². The summed E-state index contributed by atoms with van der Waals surface area (Å²) in [6.07, 6.45) is 1.56. The fraction of sp³-hybridized carbons (Fsp3) is 0.583. The van der Waals surface area contributed by atoms with Crippen LogP contribution in [0.1, 0.15) is 27.2 Å². The highest BCUT2D eigenvalue weighted by Crippen LogP contribution is 2.25. The van der Waals surface area contributed by atoms with Crippen LogP contribution in [-0.4, -0.2) is 51.6 Å². The molecule has 0 aromatic carbocycles. The van der Waals surface area contributed by atoms with E-state index in [2.05, 4.69) is 4.84 Å². The van der Waals surface area contributed by atoms with Crippen molar-refractivity contribution in [2.75, 3.05) is 5.75 Å². The van der Waals surface area contributed by atoms with Crippen LogP contribution in [0.15, 0.2) is 12.2 Å². The molecule has 1 aliphatic rings. The molecule has 124 valence electrons. The van der Waals surface area contributed by atoms with Gasteiger partial charge in [0.2, 0.25) is 0 Å². The van der Waals surface area contributed by atoms with Crippen molar-refractivity contribution in [2.45, 2.75) is 37.2 Å². The third-order valence-corrected chi connectivity index (χ3v) is 4.94. The number of rotatable bonds is 6. The van der Waals surface area contributed by atoms with Crippen molar-refractivity contribution in [2.24, 2.45) is 0 Å². The summed E-state index contributed by atoms with van der Waals surface area (Å²) in [6.45, 7) is 5.73. The summed E-state index contributed by atoms with van der Waals surface area (Å²) in [5.41, 5.74) is 0. The lowest BCUT2D eigenvalue weighted by molar-refractivity contribution is -0.195.